The van der Waals surface area contributed by atoms with Gasteiger partial charge in [-0.2, -0.15) is 5.10 Å². The fourth-order valence-corrected chi connectivity index (χ4v) is 2.26. The number of ether oxygens (including phenoxy) is 1. The SMILES string of the molecule is CCCCOCc1c(S(=O)(=O)Cl)cnn1C. The Hall–Kier alpha value is -0.590. The first-order chi connectivity index (χ1) is 7.46. The minimum Gasteiger partial charge on any atom is -0.375 e. The molecule has 0 aliphatic carbocycles. The second-order valence-corrected chi connectivity index (χ2v) is 5.96. The van der Waals surface area contributed by atoms with E-state index in [4.69, 9.17) is 15.4 Å². The van der Waals surface area contributed by atoms with E-state index in [1.807, 2.05) is 0 Å². The van der Waals surface area contributed by atoms with Gasteiger partial charge in [-0.3, -0.25) is 4.68 Å². The van der Waals surface area contributed by atoms with Crippen molar-refractivity contribution < 1.29 is 13.2 Å². The summed E-state index contributed by atoms with van der Waals surface area (Å²) in [6.45, 7) is 2.86. The van der Waals surface area contributed by atoms with Gasteiger partial charge in [-0.25, -0.2) is 8.42 Å². The lowest BCUT2D eigenvalue weighted by Gasteiger charge is -2.05. The van der Waals surface area contributed by atoms with Gasteiger partial charge in [0.2, 0.25) is 0 Å². The van der Waals surface area contributed by atoms with E-state index in [2.05, 4.69) is 12.0 Å². The number of hydrogen-bond donors (Lipinski definition) is 0. The first-order valence-corrected chi connectivity index (χ1v) is 7.31. The van der Waals surface area contributed by atoms with E-state index in [0.29, 0.717) is 12.3 Å². The fraction of sp³-hybridized carbons (Fsp3) is 0.667. The van der Waals surface area contributed by atoms with Crippen molar-refractivity contribution in [3.8, 4) is 0 Å². The number of nitrogens with zero attached hydrogens (tertiary/aromatic N) is 2. The zero-order valence-corrected chi connectivity index (χ0v) is 10.9. The molecule has 0 N–H and O–H groups in total. The van der Waals surface area contributed by atoms with Gasteiger partial charge in [-0.05, 0) is 6.42 Å². The molecule has 0 radical (unpaired) electrons. The second kappa shape index (κ2) is 5.65. The standard InChI is InChI=1S/C9H15ClN2O3S/c1-3-4-5-15-7-8-9(16(10,13)14)6-11-12(8)2/h6H,3-5,7H2,1-2H3. The van der Waals surface area contributed by atoms with Crippen LogP contribution in [0.4, 0.5) is 0 Å². The zero-order valence-electron chi connectivity index (χ0n) is 9.31. The molecule has 1 heterocycles. The van der Waals surface area contributed by atoms with E-state index in [1.54, 1.807) is 7.05 Å². The average molecular weight is 267 g/mol. The Kier molecular flexibility index (Phi) is 4.76. The highest BCUT2D eigenvalue weighted by atomic mass is 35.7. The summed E-state index contributed by atoms with van der Waals surface area (Å²) in [6, 6.07) is 0. The van der Waals surface area contributed by atoms with Crippen LogP contribution in [0, 0.1) is 0 Å². The van der Waals surface area contributed by atoms with Gasteiger partial charge in [0.1, 0.15) is 4.90 Å². The minimum absolute atomic E-state index is 0.0214. The van der Waals surface area contributed by atoms with Gasteiger partial charge in [0.25, 0.3) is 9.05 Å². The van der Waals surface area contributed by atoms with Crippen molar-refractivity contribution in [1.82, 2.24) is 9.78 Å². The Labute approximate surface area is 99.8 Å². The van der Waals surface area contributed by atoms with E-state index in [9.17, 15) is 8.42 Å². The number of aromatic nitrogens is 2. The molecule has 0 aromatic carbocycles. The maximum absolute atomic E-state index is 11.2. The fourth-order valence-electron chi connectivity index (χ4n) is 1.23. The molecule has 1 rings (SSSR count). The van der Waals surface area contributed by atoms with Gasteiger partial charge < -0.3 is 4.74 Å². The Morgan fingerprint density at radius 3 is 2.81 bits per heavy atom. The Bertz CT molecular complexity index is 442. The van der Waals surface area contributed by atoms with E-state index in [1.165, 1.54) is 10.9 Å². The van der Waals surface area contributed by atoms with Gasteiger partial charge in [0.05, 0.1) is 18.5 Å². The minimum atomic E-state index is -3.75. The Morgan fingerprint density at radius 2 is 2.25 bits per heavy atom. The molecule has 0 bridgehead atoms. The second-order valence-electron chi connectivity index (χ2n) is 3.42. The van der Waals surface area contributed by atoms with Gasteiger partial charge in [-0.15, -0.1) is 0 Å². The Balaban J connectivity index is 2.75. The number of hydrogen-bond acceptors (Lipinski definition) is 4. The summed E-state index contributed by atoms with van der Waals surface area (Å²) in [7, 11) is 3.19. The predicted molar refractivity (Wildman–Crippen MR) is 60.8 cm³/mol. The Morgan fingerprint density at radius 1 is 1.56 bits per heavy atom. The third-order valence-electron chi connectivity index (χ3n) is 2.17. The average Bonchev–Trinajstić information content (AvgIpc) is 2.54. The van der Waals surface area contributed by atoms with E-state index < -0.39 is 9.05 Å². The van der Waals surface area contributed by atoms with Crippen molar-refractivity contribution >= 4 is 19.7 Å². The topological polar surface area (TPSA) is 61.2 Å². The van der Waals surface area contributed by atoms with Crippen molar-refractivity contribution in [1.29, 1.82) is 0 Å². The van der Waals surface area contributed by atoms with Gasteiger partial charge in [-0.1, -0.05) is 13.3 Å². The summed E-state index contributed by atoms with van der Waals surface area (Å²) >= 11 is 0. The molecule has 16 heavy (non-hydrogen) atoms. The molecule has 0 saturated heterocycles. The summed E-state index contributed by atoms with van der Waals surface area (Å²) in [5, 5.41) is 3.85. The van der Waals surface area contributed by atoms with Crippen LogP contribution in [0.25, 0.3) is 0 Å². The van der Waals surface area contributed by atoms with Crippen LogP contribution in [0.15, 0.2) is 11.1 Å². The lowest BCUT2D eigenvalue weighted by molar-refractivity contribution is 0.111. The van der Waals surface area contributed by atoms with Crippen LogP contribution in [0.5, 0.6) is 0 Å². The quantitative estimate of drug-likeness (QED) is 0.580. The maximum atomic E-state index is 11.2. The molecule has 1 aromatic heterocycles. The molecule has 0 amide bonds. The molecule has 0 spiro atoms. The van der Waals surface area contributed by atoms with Crippen LogP contribution in [0.2, 0.25) is 0 Å². The molecular weight excluding hydrogens is 252 g/mol. The number of aryl methyl sites for hydroxylation is 1. The molecule has 0 aliphatic rings. The summed E-state index contributed by atoms with van der Waals surface area (Å²) in [5.41, 5.74) is 0.478. The van der Waals surface area contributed by atoms with Gasteiger partial charge >= 0.3 is 0 Å². The first-order valence-electron chi connectivity index (χ1n) is 5.00. The largest absolute Gasteiger partial charge is 0.375 e. The molecule has 0 saturated carbocycles. The van der Waals surface area contributed by atoms with E-state index in [-0.39, 0.29) is 11.5 Å². The van der Waals surface area contributed by atoms with Crippen LogP contribution in [0.3, 0.4) is 0 Å². The van der Waals surface area contributed by atoms with Crippen molar-refractivity contribution in [3.05, 3.63) is 11.9 Å². The third kappa shape index (κ3) is 3.47. The smallest absolute Gasteiger partial charge is 0.264 e. The van der Waals surface area contributed by atoms with Crippen LogP contribution >= 0.6 is 10.7 Å². The zero-order chi connectivity index (χ0) is 12.2. The molecule has 7 heteroatoms. The van der Waals surface area contributed by atoms with Crippen LogP contribution < -0.4 is 0 Å². The summed E-state index contributed by atoms with van der Waals surface area (Å²) in [4.78, 5) is 0.0214. The molecule has 5 nitrogen and oxygen atoms in total. The highest BCUT2D eigenvalue weighted by molar-refractivity contribution is 8.13. The van der Waals surface area contributed by atoms with E-state index in [0.717, 1.165) is 12.8 Å². The van der Waals surface area contributed by atoms with Crippen LogP contribution in [0.1, 0.15) is 25.5 Å². The number of rotatable bonds is 6. The molecule has 0 atom stereocenters. The molecule has 0 aliphatic heterocycles. The lowest BCUT2D eigenvalue weighted by atomic mass is 10.4. The van der Waals surface area contributed by atoms with E-state index >= 15 is 0 Å². The molecular formula is C9H15ClN2O3S. The maximum Gasteiger partial charge on any atom is 0.264 e. The van der Waals surface area contributed by atoms with Crippen molar-refractivity contribution in [2.45, 2.75) is 31.3 Å². The third-order valence-corrected chi connectivity index (χ3v) is 3.53. The normalized spacial score (nSPS) is 11.9. The first kappa shape index (κ1) is 13.5. The summed E-state index contributed by atoms with van der Waals surface area (Å²) in [5.74, 6) is 0. The van der Waals surface area contributed by atoms with Crippen molar-refractivity contribution in [2.24, 2.45) is 7.05 Å². The summed E-state index contributed by atoms with van der Waals surface area (Å²) in [6.07, 6.45) is 3.22. The molecule has 0 fully saturated rings. The highest BCUT2D eigenvalue weighted by Gasteiger charge is 2.19. The van der Waals surface area contributed by atoms with Crippen molar-refractivity contribution in [3.63, 3.8) is 0 Å². The van der Waals surface area contributed by atoms with Crippen LogP contribution in [-0.4, -0.2) is 24.8 Å². The van der Waals surface area contributed by atoms with Crippen LogP contribution in [-0.2, 0) is 27.4 Å². The summed E-state index contributed by atoms with van der Waals surface area (Å²) < 4.78 is 29.2. The number of halogens is 1. The van der Waals surface area contributed by atoms with Gasteiger partial charge in [0, 0.05) is 24.3 Å². The monoisotopic (exact) mass is 266 g/mol. The lowest BCUT2D eigenvalue weighted by Crippen LogP contribution is -2.05. The predicted octanol–water partition coefficient (Wildman–Crippen LogP) is 1.66. The highest BCUT2D eigenvalue weighted by Crippen LogP contribution is 2.19. The molecule has 1 aromatic rings. The molecule has 0 unspecified atom stereocenters. The number of unbranched alkanes of at least 4 members (excludes halogenated alkanes) is 1. The molecule has 92 valence electrons. The van der Waals surface area contributed by atoms with Crippen molar-refractivity contribution in [2.75, 3.05) is 6.61 Å². The van der Waals surface area contributed by atoms with Gasteiger partial charge in [0.15, 0.2) is 0 Å².